The summed E-state index contributed by atoms with van der Waals surface area (Å²) in [5.74, 6) is 1.78. The molecule has 0 amide bonds. The largest absolute Gasteiger partial charge is 0.490 e. The molecule has 1 aromatic carbocycles. The first kappa shape index (κ1) is 13.0. The van der Waals surface area contributed by atoms with E-state index in [4.69, 9.17) is 13.9 Å². The summed E-state index contributed by atoms with van der Waals surface area (Å²) >= 11 is 0. The summed E-state index contributed by atoms with van der Waals surface area (Å²) in [7, 11) is 0. The van der Waals surface area contributed by atoms with E-state index in [2.05, 4.69) is 12.1 Å². The second-order valence-electron chi connectivity index (χ2n) is 4.99. The van der Waals surface area contributed by atoms with Crippen molar-refractivity contribution in [3.8, 4) is 0 Å². The maximum Gasteiger partial charge on any atom is 0.139 e. The number of ether oxygens (including phenoxy) is 2. The van der Waals surface area contributed by atoms with Gasteiger partial charge >= 0.3 is 0 Å². The van der Waals surface area contributed by atoms with Gasteiger partial charge in [0.05, 0.1) is 12.9 Å². The van der Waals surface area contributed by atoms with Gasteiger partial charge in [-0.3, -0.25) is 0 Å². The molecule has 0 aliphatic carbocycles. The molecule has 1 atom stereocenters. The molecular formula is C17H18O3. The first-order valence-electron chi connectivity index (χ1n) is 6.81. The van der Waals surface area contributed by atoms with Gasteiger partial charge in [0.25, 0.3) is 0 Å². The number of hydrogen-bond acceptors (Lipinski definition) is 3. The third-order valence-corrected chi connectivity index (χ3v) is 3.55. The third kappa shape index (κ3) is 2.49. The molecule has 104 valence electrons. The monoisotopic (exact) mass is 270 g/mol. The lowest BCUT2D eigenvalue weighted by Gasteiger charge is -2.23. The first-order valence-corrected chi connectivity index (χ1v) is 6.81. The van der Waals surface area contributed by atoms with Crippen LogP contribution in [0, 0.1) is 0 Å². The Morgan fingerprint density at radius 1 is 1.20 bits per heavy atom. The van der Waals surface area contributed by atoms with E-state index in [0.717, 1.165) is 28.2 Å². The SMILES string of the molecule is CC1=C(C(C)OCc2ccccc2)OCc2ccoc21. The lowest BCUT2D eigenvalue weighted by Crippen LogP contribution is -2.18. The number of furan rings is 1. The number of hydrogen-bond donors (Lipinski definition) is 0. The molecule has 1 aromatic heterocycles. The summed E-state index contributed by atoms with van der Waals surface area (Å²) in [6.45, 7) is 5.15. The van der Waals surface area contributed by atoms with Crippen LogP contribution in [0.15, 0.2) is 52.8 Å². The third-order valence-electron chi connectivity index (χ3n) is 3.55. The van der Waals surface area contributed by atoms with Gasteiger partial charge in [-0.15, -0.1) is 0 Å². The predicted molar refractivity (Wildman–Crippen MR) is 76.8 cm³/mol. The van der Waals surface area contributed by atoms with Crippen molar-refractivity contribution in [2.45, 2.75) is 33.2 Å². The highest BCUT2D eigenvalue weighted by Gasteiger charge is 2.24. The van der Waals surface area contributed by atoms with Gasteiger partial charge < -0.3 is 13.9 Å². The molecule has 0 saturated heterocycles. The van der Waals surface area contributed by atoms with Crippen LogP contribution < -0.4 is 0 Å². The van der Waals surface area contributed by atoms with Crippen molar-refractivity contribution in [3.63, 3.8) is 0 Å². The normalized spacial score (nSPS) is 15.7. The van der Waals surface area contributed by atoms with E-state index in [1.807, 2.05) is 38.1 Å². The highest BCUT2D eigenvalue weighted by Crippen LogP contribution is 2.32. The fourth-order valence-corrected chi connectivity index (χ4v) is 2.45. The van der Waals surface area contributed by atoms with Gasteiger partial charge in [0.15, 0.2) is 0 Å². The lowest BCUT2D eigenvalue weighted by atomic mass is 10.1. The molecule has 0 radical (unpaired) electrons. The van der Waals surface area contributed by atoms with Crippen LogP contribution in [0.25, 0.3) is 5.57 Å². The molecule has 0 bridgehead atoms. The van der Waals surface area contributed by atoms with Crippen molar-refractivity contribution in [1.29, 1.82) is 0 Å². The van der Waals surface area contributed by atoms with E-state index in [1.54, 1.807) is 6.26 Å². The molecule has 3 nitrogen and oxygen atoms in total. The van der Waals surface area contributed by atoms with Crippen molar-refractivity contribution in [1.82, 2.24) is 0 Å². The van der Waals surface area contributed by atoms with Gasteiger partial charge in [0.1, 0.15) is 24.2 Å². The predicted octanol–water partition coefficient (Wildman–Crippen LogP) is 4.15. The van der Waals surface area contributed by atoms with Crippen LogP contribution in [0.2, 0.25) is 0 Å². The Hall–Kier alpha value is -2.00. The van der Waals surface area contributed by atoms with E-state index < -0.39 is 0 Å². The Morgan fingerprint density at radius 3 is 2.80 bits per heavy atom. The van der Waals surface area contributed by atoms with Crippen molar-refractivity contribution in [2.75, 3.05) is 0 Å². The first-order chi connectivity index (χ1) is 9.75. The fourth-order valence-electron chi connectivity index (χ4n) is 2.45. The molecule has 1 unspecified atom stereocenters. The summed E-state index contributed by atoms with van der Waals surface area (Å²) in [4.78, 5) is 0. The molecule has 2 aromatic rings. The average molecular weight is 270 g/mol. The van der Waals surface area contributed by atoms with E-state index in [9.17, 15) is 0 Å². The van der Waals surface area contributed by atoms with Crippen molar-refractivity contribution >= 4 is 5.57 Å². The second kappa shape index (κ2) is 5.55. The zero-order valence-corrected chi connectivity index (χ0v) is 11.8. The minimum absolute atomic E-state index is 0.0894. The van der Waals surface area contributed by atoms with Gasteiger partial charge in [-0.05, 0) is 25.5 Å². The molecule has 1 aliphatic heterocycles. The quantitative estimate of drug-likeness (QED) is 0.836. The summed E-state index contributed by atoms with van der Waals surface area (Å²) in [6.07, 6.45) is 1.61. The van der Waals surface area contributed by atoms with Crippen LogP contribution in [0.5, 0.6) is 0 Å². The zero-order valence-electron chi connectivity index (χ0n) is 11.8. The van der Waals surface area contributed by atoms with E-state index in [1.165, 1.54) is 0 Å². The van der Waals surface area contributed by atoms with E-state index in [0.29, 0.717) is 13.2 Å². The lowest BCUT2D eigenvalue weighted by molar-refractivity contribution is 0.0251. The average Bonchev–Trinajstić information content (AvgIpc) is 2.96. The summed E-state index contributed by atoms with van der Waals surface area (Å²) in [5, 5.41) is 0. The fraction of sp³-hybridized carbons (Fsp3) is 0.294. The molecule has 2 heterocycles. The molecule has 0 fully saturated rings. The van der Waals surface area contributed by atoms with Crippen molar-refractivity contribution < 1.29 is 13.9 Å². The number of benzene rings is 1. The number of fused-ring (bicyclic) bond motifs is 1. The molecule has 20 heavy (non-hydrogen) atoms. The second-order valence-corrected chi connectivity index (χ2v) is 4.99. The number of rotatable bonds is 4. The van der Waals surface area contributed by atoms with Crippen LogP contribution >= 0.6 is 0 Å². The molecule has 0 saturated carbocycles. The van der Waals surface area contributed by atoms with Crippen molar-refractivity contribution in [2.24, 2.45) is 0 Å². The highest BCUT2D eigenvalue weighted by atomic mass is 16.5. The topological polar surface area (TPSA) is 31.6 Å². The molecule has 0 spiro atoms. The summed E-state index contributed by atoms with van der Waals surface area (Å²) in [6, 6.07) is 12.1. The number of allylic oxidation sites excluding steroid dienone is 1. The maximum atomic E-state index is 5.90. The summed E-state index contributed by atoms with van der Waals surface area (Å²) in [5.41, 5.74) is 3.28. The molecular weight excluding hydrogens is 252 g/mol. The van der Waals surface area contributed by atoms with Gasteiger partial charge in [-0.1, -0.05) is 30.3 Å². The Labute approximate surface area is 118 Å². The van der Waals surface area contributed by atoms with Crippen LogP contribution in [-0.2, 0) is 22.7 Å². The van der Waals surface area contributed by atoms with Crippen LogP contribution in [0.4, 0.5) is 0 Å². The molecule has 3 rings (SSSR count). The molecule has 0 N–H and O–H groups in total. The Morgan fingerprint density at radius 2 is 2.00 bits per heavy atom. The van der Waals surface area contributed by atoms with E-state index >= 15 is 0 Å². The Balaban J connectivity index is 1.72. The van der Waals surface area contributed by atoms with Gasteiger partial charge in [-0.2, -0.15) is 0 Å². The van der Waals surface area contributed by atoms with E-state index in [-0.39, 0.29) is 6.10 Å². The zero-order chi connectivity index (χ0) is 13.9. The minimum atomic E-state index is -0.0894. The molecule has 3 heteroatoms. The van der Waals surface area contributed by atoms with Crippen molar-refractivity contribution in [3.05, 3.63) is 65.3 Å². The Kier molecular flexibility index (Phi) is 3.61. The van der Waals surface area contributed by atoms with Gasteiger partial charge in [-0.25, -0.2) is 0 Å². The van der Waals surface area contributed by atoms with Crippen LogP contribution in [0.1, 0.15) is 30.7 Å². The van der Waals surface area contributed by atoms with Gasteiger partial charge in [0, 0.05) is 11.1 Å². The Bertz CT molecular complexity index is 610. The summed E-state index contributed by atoms with van der Waals surface area (Å²) < 4.78 is 17.2. The minimum Gasteiger partial charge on any atom is -0.490 e. The molecule has 1 aliphatic rings. The smallest absolute Gasteiger partial charge is 0.139 e. The van der Waals surface area contributed by atoms with Crippen LogP contribution in [-0.4, -0.2) is 6.10 Å². The van der Waals surface area contributed by atoms with Gasteiger partial charge in [0.2, 0.25) is 0 Å². The standard InChI is InChI=1S/C17H18O3/c1-12-16(20-11-15-8-9-18-17(12)15)13(2)19-10-14-6-4-3-5-7-14/h3-9,13H,10-11H2,1-2H3. The maximum absolute atomic E-state index is 5.90. The van der Waals surface area contributed by atoms with Crippen LogP contribution in [0.3, 0.4) is 0 Å². The highest BCUT2D eigenvalue weighted by molar-refractivity contribution is 5.66.